The summed E-state index contributed by atoms with van der Waals surface area (Å²) in [5, 5.41) is 3.03. The van der Waals surface area contributed by atoms with Crippen LogP contribution in [0, 0.1) is 0 Å². The second kappa shape index (κ2) is 62.0. The lowest BCUT2D eigenvalue weighted by Gasteiger charge is -2.27. The second-order valence-corrected chi connectivity index (χ2v) is 24.7. The first kappa shape index (κ1) is 79.9. The maximum atomic E-state index is 13.6. The van der Waals surface area contributed by atoms with E-state index >= 15 is 0 Å². The third-order valence-corrected chi connectivity index (χ3v) is 15.0. The molecular weight excluding hydrogens is 1060 g/mol. The zero-order chi connectivity index (χ0) is 61.4. The molecule has 0 aliphatic heterocycles. The maximum Gasteiger partial charge on any atom is 0.472 e. The minimum Gasteiger partial charge on any atom is -0.456 e. The van der Waals surface area contributed by atoms with E-state index in [1.54, 1.807) is 0 Å². The number of carbonyl (C=O) groups is 2. The Morgan fingerprint density at radius 1 is 0.429 bits per heavy atom. The van der Waals surface area contributed by atoms with Crippen molar-refractivity contribution in [2.45, 2.75) is 270 Å². The van der Waals surface area contributed by atoms with E-state index in [4.69, 9.17) is 13.8 Å². The van der Waals surface area contributed by atoms with Crippen LogP contribution in [0.2, 0.25) is 0 Å². The zero-order valence-corrected chi connectivity index (χ0v) is 55.5. The van der Waals surface area contributed by atoms with Gasteiger partial charge in [0.15, 0.2) is 0 Å². The van der Waals surface area contributed by atoms with Crippen LogP contribution in [0.25, 0.3) is 0 Å². The van der Waals surface area contributed by atoms with Gasteiger partial charge in [-0.05, 0) is 128 Å². The molecule has 0 radical (unpaired) electrons. The summed E-state index contributed by atoms with van der Waals surface area (Å²) in [4.78, 5) is 37.8. The zero-order valence-electron chi connectivity index (χ0n) is 54.6. The van der Waals surface area contributed by atoms with Gasteiger partial charge < -0.3 is 19.4 Å². The molecule has 84 heavy (non-hydrogen) atoms. The number of phosphoric acid groups is 1. The van der Waals surface area contributed by atoms with Crippen LogP contribution >= 0.6 is 7.82 Å². The van der Waals surface area contributed by atoms with Crippen LogP contribution in [0.1, 0.15) is 258 Å². The van der Waals surface area contributed by atoms with Crippen LogP contribution in [-0.2, 0) is 27.9 Å². The number of carbonyl (C=O) groups excluding carboxylic acids is 2. The van der Waals surface area contributed by atoms with Crippen molar-refractivity contribution in [1.29, 1.82) is 0 Å². The normalized spacial score (nSPS) is 14.5. The standard InChI is InChI=1S/C74H125N2O7P/c1-7-10-13-16-19-22-25-28-30-32-34-36-37-38-39-41-43-45-47-49-52-55-58-61-64-67-74(78)83-72(65-62-59-56-53-50-27-24-21-18-15-12-9-3)71(70-82-84(79,80)81-69-68-76(4,5)6)75-73(77)66-63-60-57-54-51-48-46-44-42-40-35-33-31-29-26-23-20-17-14-11-8-2/h10-11,13-14,19-20,22-23,28-31,34-36,38-40,44,46,51,54,62,65,71-72H,7-9,12,15-18,21,24-27,32-33,37,41-43,45,47-50,52-53,55-61,63-64,66-70H2,1-6H3,(H-,75,77,79,80)/p+1/b13-10-,14-11-,22-19-,23-20-,30-28-,31-29-,36-34-,39-38-,40-35-,46-44-,54-51-,65-62+. The fourth-order valence-corrected chi connectivity index (χ4v) is 9.65. The third kappa shape index (κ3) is 62.4. The van der Waals surface area contributed by atoms with E-state index < -0.39 is 20.0 Å². The number of hydrogen-bond donors (Lipinski definition) is 2. The average Bonchev–Trinajstić information content (AvgIpc) is 3.64. The highest BCUT2D eigenvalue weighted by atomic mass is 31.2. The highest BCUT2D eigenvalue weighted by Crippen LogP contribution is 2.43. The van der Waals surface area contributed by atoms with Gasteiger partial charge in [0, 0.05) is 12.8 Å². The van der Waals surface area contributed by atoms with Gasteiger partial charge in [0.2, 0.25) is 5.91 Å². The van der Waals surface area contributed by atoms with Crippen LogP contribution in [0.5, 0.6) is 0 Å². The number of hydrogen-bond acceptors (Lipinski definition) is 6. The van der Waals surface area contributed by atoms with Gasteiger partial charge in [-0.1, -0.05) is 263 Å². The number of nitrogens with zero attached hydrogens (tertiary/aromatic N) is 1. The summed E-state index contributed by atoms with van der Waals surface area (Å²) in [6.45, 7) is 6.73. The van der Waals surface area contributed by atoms with E-state index in [2.05, 4.69) is 160 Å². The Hall–Kier alpha value is -4.11. The van der Waals surface area contributed by atoms with Crippen LogP contribution in [0.4, 0.5) is 0 Å². The molecule has 2 N–H and O–H groups in total. The van der Waals surface area contributed by atoms with Gasteiger partial charge >= 0.3 is 13.8 Å². The topological polar surface area (TPSA) is 111 Å². The van der Waals surface area contributed by atoms with Crippen molar-refractivity contribution in [2.24, 2.45) is 0 Å². The molecule has 1 amide bonds. The van der Waals surface area contributed by atoms with Gasteiger partial charge in [-0.3, -0.25) is 18.6 Å². The highest BCUT2D eigenvalue weighted by Gasteiger charge is 2.30. The van der Waals surface area contributed by atoms with Crippen LogP contribution in [0.3, 0.4) is 0 Å². The van der Waals surface area contributed by atoms with E-state index in [1.807, 2.05) is 33.3 Å². The minimum absolute atomic E-state index is 0.0225. The first-order valence-electron chi connectivity index (χ1n) is 33.7. The SMILES string of the molecule is CC/C=C\C/C=C\C/C=C\C/C=C\C/C=C\C/C=C\CCCCC(=O)NC(COP(=O)(O)OCC[N+](C)(C)C)C(/C=C/CCCCCCCCCCCC)OC(=O)CCCCCCCCCCC/C=C\C/C=C\C/C=C\C/C=C\C/C=C\CC. The first-order chi connectivity index (χ1) is 40.9. The molecular formula is C74H126N2O7P+. The van der Waals surface area contributed by atoms with E-state index in [1.165, 1.54) is 83.5 Å². The Labute approximate surface area is 517 Å². The molecule has 9 nitrogen and oxygen atoms in total. The number of quaternary nitrogens is 1. The van der Waals surface area contributed by atoms with Crippen molar-refractivity contribution in [2.75, 3.05) is 40.9 Å². The van der Waals surface area contributed by atoms with Gasteiger partial charge in [-0.2, -0.15) is 0 Å². The fourth-order valence-electron chi connectivity index (χ4n) is 8.91. The summed E-state index contributed by atoms with van der Waals surface area (Å²) in [5.74, 6) is -0.572. The first-order valence-corrected chi connectivity index (χ1v) is 35.2. The summed E-state index contributed by atoms with van der Waals surface area (Å²) < 4.78 is 30.7. The summed E-state index contributed by atoms with van der Waals surface area (Å²) in [6, 6.07) is -0.886. The molecule has 0 heterocycles. The molecule has 0 aliphatic carbocycles. The number of unbranched alkanes of at least 4 members (excludes halogenated alkanes) is 21. The Morgan fingerprint density at radius 2 is 0.762 bits per heavy atom. The lowest BCUT2D eigenvalue weighted by Crippen LogP contribution is -2.47. The molecule has 0 spiro atoms. The Morgan fingerprint density at radius 3 is 1.15 bits per heavy atom. The van der Waals surface area contributed by atoms with Gasteiger partial charge in [0.1, 0.15) is 19.3 Å². The lowest BCUT2D eigenvalue weighted by atomic mass is 10.0. The monoisotopic (exact) mass is 1190 g/mol. The van der Waals surface area contributed by atoms with Crippen LogP contribution in [-0.4, -0.2) is 74.3 Å². The summed E-state index contributed by atoms with van der Waals surface area (Å²) >= 11 is 0. The van der Waals surface area contributed by atoms with Crippen molar-refractivity contribution in [1.82, 2.24) is 5.32 Å². The Kier molecular flexibility index (Phi) is 58.9. The van der Waals surface area contributed by atoms with Crippen molar-refractivity contribution in [3.8, 4) is 0 Å². The minimum atomic E-state index is -4.48. The molecule has 0 rings (SSSR count). The smallest absolute Gasteiger partial charge is 0.456 e. The van der Waals surface area contributed by atoms with Gasteiger partial charge in [0.25, 0.3) is 0 Å². The molecule has 0 aliphatic rings. The lowest BCUT2D eigenvalue weighted by molar-refractivity contribution is -0.870. The number of phosphoric ester groups is 1. The predicted molar refractivity (Wildman–Crippen MR) is 364 cm³/mol. The van der Waals surface area contributed by atoms with Crippen LogP contribution in [0.15, 0.2) is 146 Å². The van der Waals surface area contributed by atoms with Crippen molar-refractivity contribution < 1.29 is 37.3 Å². The molecule has 478 valence electrons. The van der Waals surface area contributed by atoms with Crippen molar-refractivity contribution >= 4 is 19.7 Å². The highest BCUT2D eigenvalue weighted by molar-refractivity contribution is 7.47. The van der Waals surface area contributed by atoms with Crippen LogP contribution < -0.4 is 5.32 Å². The molecule has 0 aromatic rings. The molecule has 10 heteroatoms. The van der Waals surface area contributed by atoms with Gasteiger partial charge in [0.05, 0.1) is 33.8 Å². The molecule has 0 saturated carbocycles. The Bertz CT molecular complexity index is 1950. The number of esters is 1. The molecule has 0 saturated heterocycles. The van der Waals surface area contributed by atoms with E-state index in [0.29, 0.717) is 17.4 Å². The fraction of sp³-hybridized carbons (Fsp3) is 0.649. The number of ether oxygens (including phenoxy) is 1. The quantitative estimate of drug-likeness (QED) is 0.0205. The molecule has 0 aromatic carbocycles. The summed E-state index contributed by atoms with van der Waals surface area (Å²) in [5.41, 5.74) is 0. The maximum absolute atomic E-state index is 13.6. The molecule has 0 bridgehead atoms. The number of allylic oxidation sites excluding steroid dienone is 23. The second-order valence-electron chi connectivity index (χ2n) is 23.2. The predicted octanol–water partition coefficient (Wildman–Crippen LogP) is 21.4. The molecule has 0 fully saturated rings. The van der Waals surface area contributed by atoms with Crippen molar-refractivity contribution in [3.63, 3.8) is 0 Å². The van der Waals surface area contributed by atoms with Crippen molar-refractivity contribution in [3.05, 3.63) is 146 Å². The molecule has 3 atom stereocenters. The summed E-state index contributed by atoms with van der Waals surface area (Å²) in [6.07, 6.45) is 90.0. The number of nitrogens with one attached hydrogen (secondary N) is 1. The van der Waals surface area contributed by atoms with E-state index in [-0.39, 0.29) is 37.9 Å². The third-order valence-electron chi connectivity index (χ3n) is 14.0. The van der Waals surface area contributed by atoms with E-state index in [9.17, 15) is 19.0 Å². The number of amides is 1. The summed E-state index contributed by atoms with van der Waals surface area (Å²) in [7, 11) is 1.44. The largest absolute Gasteiger partial charge is 0.472 e. The number of likely N-dealkylation sites (N-methyl/N-ethyl adjacent to an activating group) is 1. The van der Waals surface area contributed by atoms with Gasteiger partial charge in [-0.25, -0.2) is 4.57 Å². The van der Waals surface area contributed by atoms with E-state index in [0.717, 1.165) is 135 Å². The van der Waals surface area contributed by atoms with Gasteiger partial charge in [-0.15, -0.1) is 0 Å². The molecule has 3 unspecified atom stereocenters. The average molecular weight is 1190 g/mol. The Balaban J connectivity index is 5.24. The molecule has 0 aromatic heterocycles. The number of rotatable bonds is 59.